The van der Waals surface area contributed by atoms with Crippen molar-refractivity contribution in [2.75, 3.05) is 32.8 Å². The number of hydrogen-bond donors (Lipinski definition) is 0. The quantitative estimate of drug-likeness (QED) is 0.642. The van der Waals surface area contributed by atoms with Crippen LogP contribution < -0.4 is 0 Å². The van der Waals surface area contributed by atoms with Crippen LogP contribution in [0.3, 0.4) is 0 Å². The molecule has 0 aliphatic carbocycles. The molecule has 1 heterocycles. The standard InChI is InChI=1S/C17H35NO/c1-15(2)13-18-10-7-16(8-11-18)14-19-12-6-9-17(3,4)5/h15-16H,6-14H2,1-5H3. The molecule has 19 heavy (non-hydrogen) atoms. The first-order valence-corrected chi connectivity index (χ1v) is 8.17. The highest BCUT2D eigenvalue weighted by Crippen LogP contribution is 2.21. The highest BCUT2D eigenvalue weighted by atomic mass is 16.5. The summed E-state index contributed by atoms with van der Waals surface area (Å²) in [5.41, 5.74) is 0.450. The third kappa shape index (κ3) is 8.65. The van der Waals surface area contributed by atoms with E-state index in [2.05, 4.69) is 39.5 Å². The Bertz CT molecular complexity index is 224. The Morgan fingerprint density at radius 1 is 1.16 bits per heavy atom. The van der Waals surface area contributed by atoms with Gasteiger partial charge in [0, 0.05) is 19.8 Å². The summed E-state index contributed by atoms with van der Waals surface area (Å²) in [5, 5.41) is 0. The van der Waals surface area contributed by atoms with Crippen LogP contribution in [-0.4, -0.2) is 37.7 Å². The van der Waals surface area contributed by atoms with Crippen LogP contribution >= 0.6 is 0 Å². The minimum absolute atomic E-state index is 0.450. The predicted octanol–water partition coefficient (Wildman–Crippen LogP) is 4.20. The summed E-state index contributed by atoms with van der Waals surface area (Å²) in [7, 11) is 0. The molecule has 0 aromatic rings. The van der Waals surface area contributed by atoms with Crippen LogP contribution in [0, 0.1) is 17.3 Å². The summed E-state index contributed by atoms with van der Waals surface area (Å²) >= 11 is 0. The van der Waals surface area contributed by atoms with Crippen molar-refractivity contribution in [3.8, 4) is 0 Å². The fraction of sp³-hybridized carbons (Fsp3) is 1.00. The van der Waals surface area contributed by atoms with Crippen LogP contribution in [0.15, 0.2) is 0 Å². The molecule has 2 heteroatoms. The van der Waals surface area contributed by atoms with Crippen molar-refractivity contribution in [1.29, 1.82) is 0 Å². The van der Waals surface area contributed by atoms with E-state index in [0.29, 0.717) is 5.41 Å². The van der Waals surface area contributed by atoms with Crippen molar-refractivity contribution >= 4 is 0 Å². The Labute approximate surface area is 120 Å². The Morgan fingerprint density at radius 2 is 1.79 bits per heavy atom. The molecule has 1 aliphatic rings. The zero-order chi connectivity index (χ0) is 14.3. The van der Waals surface area contributed by atoms with Crippen molar-refractivity contribution in [3.05, 3.63) is 0 Å². The molecule has 1 rings (SSSR count). The number of likely N-dealkylation sites (tertiary alicyclic amines) is 1. The molecule has 1 fully saturated rings. The molecular weight excluding hydrogens is 234 g/mol. The fourth-order valence-corrected chi connectivity index (χ4v) is 2.81. The molecule has 0 N–H and O–H groups in total. The van der Waals surface area contributed by atoms with Crippen LogP contribution in [0.25, 0.3) is 0 Å². The SMILES string of the molecule is CC(C)CN1CCC(COCCCC(C)(C)C)CC1. The van der Waals surface area contributed by atoms with Crippen LogP contribution in [0.1, 0.15) is 60.3 Å². The largest absolute Gasteiger partial charge is 0.381 e. The summed E-state index contributed by atoms with van der Waals surface area (Å²) in [6.07, 6.45) is 5.12. The van der Waals surface area contributed by atoms with Gasteiger partial charge in [0.1, 0.15) is 0 Å². The third-order valence-electron chi connectivity index (χ3n) is 3.90. The van der Waals surface area contributed by atoms with Gasteiger partial charge in [-0.1, -0.05) is 34.6 Å². The summed E-state index contributed by atoms with van der Waals surface area (Å²) in [6, 6.07) is 0. The Balaban J connectivity index is 2.01. The van der Waals surface area contributed by atoms with Gasteiger partial charge < -0.3 is 9.64 Å². The molecule has 0 aromatic heterocycles. The Kier molecular flexibility index (Phi) is 7.38. The second kappa shape index (κ2) is 8.26. The van der Waals surface area contributed by atoms with Crippen molar-refractivity contribution in [2.24, 2.45) is 17.3 Å². The molecule has 0 unspecified atom stereocenters. The van der Waals surface area contributed by atoms with E-state index >= 15 is 0 Å². The number of piperidine rings is 1. The van der Waals surface area contributed by atoms with Gasteiger partial charge >= 0.3 is 0 Å². The zero-order valence-corrected chi connectivity index (χ0v) is 13.9. The maximum atomic E-state index is 5.87. The van der Waals surface area contributed by atoms with Gasteiger partial charge in [-0.3, -0.25) is 0 Å². The van der Waals surface area contributed by atoms with Crippen LogP contribution in [-0.2, 0) is 4.74 Å². The molecule has 1 saturated heterocycles. The van der Waals surface area contributed by atoms with Crippen molar-refractivity contribution in [3.63, 3.8) is 0 Å². The van der Waals surface area contributed by atoms with E-state index in [0.717, 1.165) is 25.0 Å². The third-order valence-corrected chi connectivity index (χ3v) is 3.90. The lowest BCUT2D eigenvalue weighted by molar-refractivity contribution is 0.0595. The Morgan fingerprint density at radius 3 is 2.32 bits per heavy atom. The molecule has 0 bridgehead atoms. The topological polar surface area (TPSA) is 12.5 Å². The van der Waals surface area contributed by atoms with Gasteiger partial charge in [0.25, 0.3) is 0 Å². The normalized spacial score (nSPS) is 19.3. The molecule has 114 valence electrons. The first-order chi connectivity index (χ1) is 8.87. The maximum absolute atomic E-state index is 5.87. The highest BCUT2D eigenvalue weighted by Gasteiger charge is 2.19. The van der Waals surface area contributed by atoms with Crippen molar-refractivity contribution in [1.82, 2.24) is 4.90 Å². The van der Waals surface area contributed by atoms with Gasteiger partial charge in [0.05, 0.1) is 0 Å². The van der Waals surface area contributed by atoms with Gasteiger partial charge in [-0.05, 0) is 56.0 Å². The van der Waals surface area contributed by atoms with Gasteiger partial charge in [-0.25, -0.2) is 0 Å². The average Bonchev–Trinajstić information content (AvgIpc) is 2.28. The lowest BCUT2D eigenvalue weighted by atomic mass is 9.91. The molecule has 1 aliphatic heterocycles. The van der Waals surface area contributed by atoms with E-state index in [1.54, 1.807) is 0 Å². The number of hydrogen-bond acceptors (Lipinski definition) is 2. The monoisotopic (exact) mass is 269 g/mol. The van der Waals surface area contributed by atoms with Gasteiger partial charge in [-0.15, -0.1) is 0 Å². The summed E-state index contributed by atoms with van der Waals surface area (Å²) in [5.74, 6) is 1.60. The van der Waals surface area contributed by atoms with Gasteiger partial charge in [-0.2, -0.15) is 0 Å². The molecule has 0 saturated carbocycles. The first kappa shape index (κ1) is 17.0. The van der Waals surface area contributed by atoms with Gasteiger partial charge in [0.15, 0.2) is 0 Å². The number of ether oxygens (including phenoxy) is 1. The number of nitrogens with zero attached hydrogens (tertiary/aromatic N) is 1. The lowest BCUT2D eigenvalue weighted by Crippen LogP contribution is -2.37. The van der Waals surface area contributed by atoms with E-state index in [-0.39, 0.29) is 0 Å². The van der Waals surface area contributed by atoms with E-state index in [1.165, 1.54) is 45.3 Å². The van der Waals surface area contributed by atoms with Crippen LogP contribution in [0.2, 0.25) is 0 Å². The van der Waals surface area contributed by atoms with Crippen LogP contribution in [0.4, 0.5) is 0 Å². The minimum Gasteiger partial charge on any atom is -0.381 e. The second-order valence-electron chi connectivity index (χ2n) is 7.88. The van der Waals surface area contributed by atoms with Crippen molar-refractivity contribution in [2.45, 2.75) is 60.3 Å². The lowest BCUT2D eigenvalue weighted by Gasteiger charge is -2.32. The predicted molar refractivity (Wildman–Crippen MR) is 83.5 cm³/mol. The van der Waals surface area contributed by atoms with E-state index in [4.69, 9.17) is 4.74 Å². The van der Waals surface area contributed by atoms with E-state index < -0.39 is 0 Å². The molecule has 0 spiro atoms. The Hall–Kier alpha value is -0.0800. The summed E-state index contributed by atoms with van der Waals surface area (Å²) in [6.45, 7) is 17.3. The maximum Gasteiger partial charge on any atom is 0.0495 e. The summed E-state index contributed by atoms with van der Waals surface area (Å²) < 4.78 is 5.87. The van der Waals surface area contributed by atoms with Gasteiger partial charge in [0.2, 0.25) is 0 Å². The van der Waals surface area contributed by atoms with E-state index in [1.807, 2.05) is 0 Å². The van der Waals surface area contributed by atoms with Crippen molar-refractivity contribution < 1.29 is 4.74 Å². The second-order valence-corrected chi connectivity index (χ2v) is 7.88. The molecule has 0 amide bonds. The minimum atomic E-state index is 0.450. The number of rotatable bonds is 7. The molecule has 0 atom stereocenters. The highest BCUT2D eigenvalue weighted by molar-refractivity contribution is 4.72. The average molecular weight is 269 g/mol. The summed E-state index contributed by atoms with van der Waals surface area (Å²) in [4.78, 5) is 2.61. The molecule has 2 nitrogen and oxygen atoms in total. The molecular formula is C17H35NO. The fourth-order valence-electron chi connectivity index (χ4n) is 2.81. The molecule has 0 radical (unpaired) electrons. The molecule has 0 aromatic carbocycles. The zero-order valence-electron chi connectivity index (χ0n) is 13.9. The smallest absolute Gasteiger partial charge is 0.0495 e. The first-order valence-electron chi connectivity index (χ1n) is 8.17. The van der Waals surface area contributed by atoms with E-state index in [9.17, 15) is 0 Å². The van der Waals surface area contributed by atoms with Crippen LogP contribution in [0.5, 0.6) is 0 Å².